The average molecular weight is 387 g/mol. The van der Waals surface area contributed by atoms with E-state index >= 15 is 0 Å². The number of anilines is 1. The summed E-state index contributed by atoms with van der Waals surface area (Å²) in [4.78, 5) is 13.6. The highest BCUT2D eigenvalue weighted by Crippen LogP contribution is 2.26. The molecule has 24 heavy (non-hydrogen) atoms. The van der Waals surface area contributed by atoms with Crippen molar-refractivity contribution in [3.63, 3.8) is 0 Å². The summed E-state index contributed by atoms with van der Waals surface area (Å²) in [6, 6.07) is 8.81. The van der Waals surface area contributed by atoms with Gasteiger partial charge in [0.05, 0.1) is 16.1 Å². The number of hydrogen-bond donors (Lipinski definition) is 1. The lowest BCUT2D eigenvalue weighted by Crippen LogP contribution is -2.24. The van der Waals surface area contributed by atoms with Gasteiger partial charge in [-0.2, -0.15) is 0 Å². The lowest BCUT2D eigenvalue weighted by atomic mass is 10.1. The highest BCUT2D eigenvalue weighted by atomic mass is 35.5. The van der Waals surface area contributed by atoms with Crippen LogP contribution in [0.3, 0.4) is 0 Å². The van der Waals surface area contributed by atoms with Crippen LogP contribution in [0.15, 0.2) is 41.3 Å². The maximum atomic E-state index is 12.6. The molecule has 1 N–H and O–H groups in total. The average Bonchev–Trinajstić information content (AvgIpc) is 2.49. The van der Waals surface area contributed by atoms with Gasteiger partial charge in [-0.15, -0.1) is 0 Å². The molecule has 0 saturated carbocycles. The quantitative estimate of drug-likeness (QED) is 0.868. The summed E-state index contributed by atoms with van der Waals surface area (Å²) in [6.45, 7) is 1.77. The van der Waals surface area contributed by atoms with E-state index < -0.39 is 10.0 Å². The zero-order valence-corrected chi connectivity index (χ0v) is 15.6. The summed E-state index contributed by atoms with van der Waals surface area (Å²) in [6.07, 6.45) is 0. The molecule has 0 atom stereocenters. The number of amides is 1. The fourth-order valence-electron chi connectivity index (χ4n) is 1.97. The highest BCUT2D eigenvalue weighted by Gasteiger charge is 2.20. The van der Waals surface area contributed by atoms with Gasteiger partial charge in [-0.05, 0) is 42.8 Å². The zero-order chi connectivity index (χ0) is 18.1. The molecule has 0 aliphatic carbocycles. The van der Waals surface area contributed by atoms with Crippen molar-refractivity contribution in [3.05, 3.63) is 57.6 Å². The van der Waals surface area contributed by atoms with Crippen LogP contribution < -0.4 is 4.72 Å². The fraction of sp³-hybridized carbons (Fsp3) is 0.188. The number of rotatable bonds is 4. The van der Waals surface area contributed by atoms with Crippen molar-refractivity contribution in [3.8, 4) is 0 Å². The summed E-state index contributed by atoms with van der Waals surface area (Å²) < 4.78 is 27.6. The number of hydrogen-bond acceptors (Lipinski definition) is 3. The van der Waals surface area contributed by atoms with Crippen LogP contribution in [-0.4, -0.2) is 33.3 Å². The van der Waals surface area contributed by atoms with E-state index in [1.54, 1.807) is 27.1 Å². The summed E-state index contributed by atoms with van der Waals surface area (Å²) >= 11 is 11.9. The van der Waals surface area contributed by atoms with E-state index in [-0.39, 0.29) is 22.1 Å². The third-order valence-corrected chi connectivity index (χ3v) is 5.32. The second-order valence-corrected chi connectivity index (χ2v) is 7.93. The molecule has 0 spiro atoms. The fourth-order valence-corrected chi connectivity index (χ4v) is 3.49. The molecule has 128 valence electrons. The predicted octanol–water partition coefficient (Wildman–Crippen LogP) is 3.80. The first kappa shape index (κ1) is 18.6. The molecule has 0 aliphatic heterocycles. The number of nitrogens with zero attached hydrogens (tertiary/aromatic N) is 1. The third kappa shape index (κ3) is 4.01. The molecule has 8 heteroatoms. The van der Waals surface area contributed by atoms with Crippen LogP contribution in [0.1, 0.15) is 15.9 Å². The molecule has 0 aromatic heterocycles. The molecule has 0 radical (unpaired) electrons. The lowest BCUT2D eigenvalue weighted by molar-refractivity contribution is 0.0828. The molecule has 0 bridgehead atoms. The molecule has 2 rings (SSSR count). The molecular weight excluding hydrogens is 371 g/mol. The van der Waals surface area contributed by atoms with E-state index in [1.165, 1.54) is 35.2 Å². The number of aryl methyl sites for hydroxylation is 1. The van der Waals surface area contributed by atoms with E-state index in [0.717, 1.165) is 5.56 Å². The van der Waals surface area contributed by atoms with Gasteiger partial charge in [0.15, 0.2) is 0 Å². The molecule has 0 aliphatic rings. The molecule has 0 fully saturated rings. The van der Waals surface area contributed by atoms with Crippen LogP contribution in [0.2, 0.25) is 10.0 Å². The number of nitrogens with one attached hydrogen (secondary N) is 1. The van der Waals surface area contributed by atoms with Gasteiger partial charge in [0.2, 0.25) is 0 Å². The second-order valence-electron chi connectivity index (χ2n) is 5.41. The summed E-state index contributed by atoms with van der Waals surface area (Å²) in [5.41, 5.74) is 1.07. The van der Waals surface area contributed by atoms with Crippen molar-refractivity contribution in [1.82, 2.24) is 4.90 Å². The van der Waals surface area contributed by atoms with Crippen molar-refractivity contribution in [2.24, 2.45) is 0 Å². The SMILES string of the molecule is Cc1ccc(S(=O)(=O)Nc2cc(Cl)ccc2C(=O)N(C)C)cc1Cl. The van der Waals surface area contributed by atoms with Crippen LogP contribution in [0.25, 0.3) is 0 Å². The van der Waals surface area contributed by atoms with Crippen molar-refractivity contribution in [2.75, 3.05) is 18.8 Å². The number of benzene rings is 2. The summed E-state index contributed by atoms with van der Waals surface area (Å²) in [7, 11) is -0.758. The number of carbonyl (C=O) groups excluding carboxylic acids is 1. The number of sulfonamides is 1. The number of halogens is 2. The van der Waals surface area contributed by atoms with Crippen LogP contribution in [0, 0.1) is 6.92 Å². The van der Waals surface area contributed by atoms with Crippen LogP contribution in [0.5, 0.6) is 0 Å². The van der Waals surface area contributed by atoms with Crippen LogP contribution >= 0.6 is 23.2 Å². The van der Waals surface area contributed by atoms with Gasteiger partial charge in [-0.25, -0.2) is 8.42 Å². The largest absolute Gasteiger partial charge is 0.345 e. The summed E-state index contributed by atoms with van der Waals surface area (Å²) in [5.74, 6) is -0.341. The van der Waals surface area contributed by atoms with E-state index in [4.69, 9.17) is 23.2 Å². The maximum Gasteiger partial charge on any atom is 0.261 e. The van der Waals surface area contributed by atoms with Gasteiger partial charge in [-0.3, -0.25) is 9.52 Å². The van der Waals surface area contributed by atoms with Gasteiger partial charge in [-0.1, -0.05) is 29.3 Å². The first-order chi connectivity index (χ1) is 11.1. The van der Waals surface area contributed by atoms with E-state index in [2.05, 4.69) is 4.72 Å². The summed E-state index contributed by atoms with van der Waals surface area (Å²) in [5, 5.41) is 0.651. The molecular formula is C16H16Cl2N2O3S. The Balaban J connectivity index is 2.47. The van der Waals surface area contributed by atoms with Gasteiger partial charge >= 0.3 is 0 Å². The van der Waals surface area contributed by atoms with Crippen molar-refractivity contribution < 1.29 is 13.2 Å². The normalized spacial score (nSPS) is 11.2. The molecule has 0 saturated heterocycles. The Bertz CT molecular complexity index is 896. The number of carbonyl (C=O) groups is 1. The molecule has 2 aromatic carbocycles. The van der Waals surface area contributed by atoms with Crippen molar-refractivity contribution >= 4 is 44.8 Å². The van der Waals surface area contributed by atoms with E-state index in [9.17, 15) is 13.2 Å². The minimum absolute atomic E-state index is 0.00123. The Morgan fingerprint density at radius 2 is 1.75 bits per heavy atom. The van der Waals surface area contributed by atoms with E-state index in [0.29, 0.717) is 10.0 Å². The van der Waals surface area contributed by atoms with Crippen LogP contribution in [-0.2, 0) is 10.0 Å². The second kappa shape index (κ2) is 7.01. The molecule has 5 nitrogen and oxygen atoms in total. The minimum atomic E-state index is -3.91. The maximum absolute atomic E-state index is 12.6. The van der Waals surface area contributed by atoms with Gasteiger partial charge in [0.25, 0.3) is 15.9 Å². The van der Waals surface area contributed by atoms with Gasteiger partial charge in [0.1, 0.15) is 0 Å². The topological polar surface area (TPSA) is 66.5 Å². The minimum Gasteiger partial charge on any atom is -0.345 e. The molecule has 2 aromatic rings. The van der Waals surface area contributed by atoms with Gasteiger partial charge < -0.3 is 4.90 Å². The molecule has 1 amide bonds. The van der Waals surface area contributed by atoms with Crippen LogP contribution in [0.4, 0.5) is 5.69 Å². The first-order valence-corrected chi connectivity index (χ1v) is 9.16. The zero-order valence-electron chi connectivity index (χ0n) is 13.3. The van der Waals surface area contributed by atoms with Crippen molar-refractivity contribution in [1.29, 1.82) is 0 Å². The Kier molecular flexibility index (Phi) is 5.42. The predicted molar refractivity (Wildman–Crippen MR) is 96.5 cm³/mol. The molecule has 0 unspecified atom stereocenters. The first-order valence-electron chi connectivity index (χ1n) is 6.92. The smallest absolute Gasteiger partial charge is 0.261 e. The Morgan fingerprint density at radius 3 is 2.33 bits per heavy atom. The highest BCUT2D eigenvalue weighted by molar-refractivity contribution is 7.92. The Labute approximate surface area is 151 Å². The van der Waals surface area contributed by atoms with Gasteiger partial charge in [0, 0.05) is 24.1 Å². The lowest BCUT2D eigenvalue weighted by Gasteiger charge is -2.16. The third-order valence-electron chi connectivity index (χ3n) is 3.32. The van der Waals surface area contributed by atoms with Crippen molar-refractivity contribution in [2.45, 2.75) is 11.8 Å². The Morgan fingerprint density at radius 1 is 1.08 bits per heavy atom. The monoisotopic (exact) mass is 386 g/mol. The molecule has 0 heterocycles. The van der Waals surface area contributed by atoms with E-state index in [1.807, 2.05) is 0 Å². The standard InChI is InChI=1S/C16H16Cl2N2O3S/c1-10-4-6-12(9-14(10)18)24(22,23)19-15-8-11(17)5-7-13(15)16(21)20(2)3/h4-9,19H,1-3H3. The Hall–Kier alpha value is -1.76.